The first-order chi connectivity index (χ1) is 9.72. The Hall–Kier alpha value is -1.58. The minimum atomic E-state index is -0.385. The van der Waals surface area contributed by atoms with E-state index in [1.54, 1.807) is 25.2 Å². The zero-order valence-corrected chi connectivity index (χ0v) is 11.9. The van der Waals surface area contributed by atoms with Crippen molar-refractivity contribution in [2.45, 2.75) is 12.5 Å². The predicted molar refractivity (Wildman–Crippen MR) is 78.0 cm³/mol. The van der Waals surface area contributed by atoms with Gasteiger partial charge in [0.1, 0.15) is 11.6 Å². The van der Waals surface area contributed by atoms with Gasteiger partial charge < -0.3 is 10.1 Å². The molecule has 0 saturated heterocycles. The molecule has 1 unspecified atom stereocenters. The van der Waals surface area contributed by atoms with Crippen LogP contribution in [0.15, 0.2) is 36.4 Å². The number of rotatable bonds is 3. The lowest BCUT2D eigenvalue weighted by molar-refractivity contribution is 0.350. The van der Waals surface area contributed by atoms with Crippen molar-refractivity contribution in [3.63, 3.8) is 0 Å². The molecule has 1 heterocycles. The van der Waals surface area contributed by atoms with Gasteiger partial charge in [0.15, 0.2) is 0 Å². The van der Waals surface area contributed by atoms with Gasteiger partial charge in [-0.25, -0.2) is 4.39 Å². The predicted octanol–water partition coefficient (Wildman–Crippen LogP) is 3.72. The Bertz CT molecular complexity index is 644. The molecule has 0 saturated carbocycles. The zero-order chi connectivity index (χ0) is 14.1. The highest BCUT2D eigenvalue weighted by atomic mass is 35.5. The van der Waals surface area contributed by atoms with Crippen LogP contribution < -0.4 is 10.1 Å². The molecule has 20 heavy (non-hydrogen) atoms. The van der Waals surface area contributed by atoms with Gasteiger partial charge in [0, 0.05) is 17.5 Å². The van der Waals surface area contributed by atoms with Crippen LogP contribution >= 0.6 is 11.6 Å². The number of fused-ring (bicyclic) bond motifs is 1. The number of halogens is 2. The van der Waals surface area contributed by atoms with E-state index < -0.39 is 0 Å². The fourth-order valence-corrected chi connectivity index (χ4v) is 2.87. The first kappa shape index (κ1) is 13.4. The highest BCUT2D eigenvalue weighted by Gasteiger charge is 2.24. The van der Waals surface area contributed by atoms with Crippen LogP contribution in [0.5, 0.6) is 5.75 Å². The molecule has 0 fully saturated rings. The molecule has 4 heteroatoms. The average molecular weight is 292 g/mol. The molecule has 0 radical (unpaired) electrons. The molecule has 2 aromatic carbocycles. The molecular weight excluding hydrogens is 277 g/mol. The maximum absolute atomic E-state index is 14.3. The highest BCUT2D eigenvalue weighted by molar-refractivity contribution is 6.30. The second-order valence-corrected chi connectivity index (χ2v) is 5.21. The summed E-state index contributed by atoms with van der Waals surface area (Å²) in [5, 5.41) is 3.29. The van der Waals surface area contributed by atoms with Crippen LogP contribution in [-0.4, -0.2) is 13.7 Å². The lowest BCUT2D eigenvalue weighted by Crippen LogP contribution is -2.19. The van der Waals surface area contributed by atoms with E-state index in [0.29, 0.717) is 12.2 Å². The number of benzene rings is 2. The summed E-state index contributed by atoms with van der Waals surface area (Å²) in [6.07, 6.45) is 0.900. The Labute approximate surface area is 122 Å². The molecule has 1 atom stereocenters. The van der Waals surface area contributed by atoms with Gasteiger partial charge in [0.2, 0.25) is 0 Å². The van der Waals surface area contributed by atoms with Crippen molar-refractivity contribution in [3.05, 3.63) is 63.9 Å². The molecule has 0 bridgehead atoms. The molecule has 1 N–H and O–H groups in total. The van der Waals surface area contributed by atoms with Crippen molar-refractivity contribution < 1.29 is 9.13 Å². The second kappa shape index (κ2) is 5.43. The molecule has 1 aliphatic rings. The van der Waals surface area contributed by atoms with Gasteiger partial charge in [0.25, 0.3) is 0 Å². The summed E-state index contributed by atoms with van der Waals surface area (Å²) >= 11 is 5.89. The monoisotopic (exact) mass is 291 g/mol. The van der Waals surface area contributed by atoms with E-state index in [1.165, 1.54) is 5.56 Å². The van der Waals surface area contributed by atoms with Crippen molar-refractivity contribution in [2.24, 2.45) is 0 Å². The van der Waals surface area contributed by atoms with Crippen LogP contribution in [0.4, 0.5) is 4.39 Å². The third-order valence-electron chi connectivity index (χ3n) is 3.64. The summed E-state index contributed by atoms with van der Waals surface area (Å²) < 4.78 is 20.0. The average Bonchev–Trinajstić information content (AvgIpc) is 2.93. The fourth-order valence-electron chi connectivity index (χ4n) is 2.69. The van der Waals surface area contributed by atoms with E-state index >= 15 is 0 Å². The van der Waals surface area contributed by atoms with E-state index in [1.807, 2.05) is 18.2 Å². The number of hydrogen-bond acceptors (Lipinski definition) is 2. The zero-order valence-electron chi connectivity index (χ0n) is 11.1. The van der Waals surface area contributed by atoms with E-state index in [-0.39, 0.29) is 16.9 Å². The topological polar surface area (TPSA) is 21.3 Å². The van der Waals surface area contributed by atoms with Crippen LogP contribution in [0.2, 0.25) is 5.02 Å². The molecule has 0 amide bonds. The summed E-state index contributed by atoms with van der Waals surface area (Å²) in [4.78, 5) is 0. The first-order valence-corrected chi connectivity index (χ1v) is 6.96. The van der Waals surface area contributed by atoms with Crippen LogP contribution in [-0.2, 0) is 6.42 Å². The first-order valence-electron chi connectivity index (χ1n) is 6.58. The van der Waals surface area contributed by atoms with Crippen LogP contribution in [0, 0.1) is 5.82 Å². The molecule has 1 aliphatic heterocycles. The van der Waals surface area contributed by atoms with Crippen molar-refractivity contribution in [1.29, 1.82) is 0 Å². The summed E-state index contributed by atoms with van der Waals surface area (Å²) in [5.41, 5.74) is 2.65. The van der Waals surface area contributed by atoms with Gasteiger partial charge in [0.05, 0.1) is 17.7 Å². The lowest BCUT2D eigenvalue weighted by Gasteiger charge is -2.20. The molecular formula is C16H15ClFNO. The van der Waals surface area contributed by atoms with Crippen LogP contribution in [0.3, 0.4) is 0 Å². The Morgan fingerprint density at radius 2 is 1.95 bits per heavy atom. The summed E-state index contributed by atoms with van der Waals surface area (Å²) in [6, 6.07) is 10.8. The summed E-state index contributed by atoms with van der Waals surface area (Å²) in [6.45, 7) is 0.681. The third-order valence-corrected chi connectivity index (χ3v) is 3.93. The SMILES string of the molecule is CNC(c1cccc(Cl)c1F)c1cccc2c1OCC2. The van der Waals surface area contributed by atoms with E-state index in [4.69, 9.17) is 16.3 Å². The molecule has 104 valence electrons. The molecule has 0 spiro atoms. The Morgan fingerprint density at radius 3 is 2.75 bits per heavy atom. The Morgan fingerprint density at radius 1 is 1.20 bits per heavy atom. The van der Waals surface area contributed by atoms with Crippen molar-refractivity contribution >= 4 is 11.6 Å². The smallest absolute Gasteiger partial charge is 0.146 e. The maximum atomic E-state index is 14.3. The van der Waals surface area contributed by atoms with Gasteiger partial charge in [-0.3, -0.25) is 0 Å². The molecule has 2 aromatic rings. The quantitative estimate of drug-likeness (QED) is 0.930. The molecule has 0 aliphatic carbocycles. The normalized spacial score (nSPS) is 14.8. The van der Waals surface area contributed by atoms with Crippen molar-refractivity contribution in [3.8, 4) is 5.75 Å². The van der Waals surface area contributed by atoms with E-state index in [9.17, 15) is 4.39 Å². The standard InChI is InChI=1S/C16H15ClFNO/c1-19-15(11-5-3-7-13(17)14(11)18)12-6-2-4-10-8-9-20-16(10)12/h2-7,15,19H,8-9H2,1H3. The Kier molecular flexibility index (Phi) is 3.64. The van der Waals surface area contributed by atoms with Crippen molar-refractivity contribution in [2.75, 3.05) is 13.7 Å². The van der Waals surface area contributed by atoms with Gasteiger partial charge in [-0.1, -0.05) is 41.9 Å². The second-order valence-electron chi connectivity index (χ2n) is 4.80. The van der Waals surface area contributed by atoms with Crippen LogP contribution in [0.1, 0.15) is 22.7 Å². The summed E-state index contributed by atoms with van der Waals surface area (Å²) in [5.74, 6) is 0.482. The van der Waals surface area contributed by atoms with Gasteiger partial charge in [-0.05, 0) is 18.7 Å². The molecule has 2 nitrogen and oxygen atoms in total. The number of nitrogens with one attached hydrogen (secondary N) is 1. The highest BCUT2D eigenvalue weighted by Crippen LogP contribution is 2.37. The van der Waals surface area contributed by atoms with Gasteiger partial charge in [-0.15, -0.1) is 0 Å². The van der Waals surface area contributed by atoms with Gasteiger partial charge >= 0.3 is 0 Å². The summed E-state index contributed by atoms with van der Waals surface area (Å²) in [7, 11) is 1.80. The molecule has 0 aromatic heterocycles. The van der Waals surface area contributed by atoms with Gasteiger partial charge in [-0.2, -0.15) is 0 Å². The lowest BCUT2D eigenvalue weighted by atomic mass is 9.95. The van der Waals surface area contributed by atoms with Crippen LogP contribution in [0.25, 0.3) is 0 Å². The van der Waals surface area contributed by atoms with E-state index in [2.05, 4.69) is 5.32 Å². The minimum absolute atomic E-state index is 0.135. The largest absolute Gasteiger partial charge is 0.493 e. The minimum Gasteiger partial charge on any atom is -0.493 e. The Balaban J connectivity index is 2.11. The van der Waals surface area contributed by atoms with Crippen molar-refractivity contribution in [1.82, 2.24) is 5.32 Å². The number of hydrogen-bond donors (Lipinski definition) is 1. The fraction of sp³-hybridized carbons (Fsp3) is 0.250. The molecule has 3 rings (SSSR count). The number of ether oxygens (including phenoxy) is 1. The number of para-hydroxylation sites is 1. The third kappa shape index (κ3) is 2.17. The maximum Gasteiger partial charge on any atom is 0.146 e. The van der Waals surface area contributed by atoms with E-state index in [0.717, 1.165) is 17.7 Å².